The quantitative estimate of drug-likeness (QED) is 0.567. The highest BCUT2D eigenvalue weighted by Crippen LogP contribution is 2.21. The lowest BCUT2D eigenvalue weighted by molar-refractivity contribution is -0.120. The molecule has 2 heterocycles. The van der Waals surface area contributed by atoms with E-state index in [0.29, 0.717) is 28.6 Å². The summed E-state index contributed by atoms with van der Waals surface area (Å²) in [4.78, 5) is 29.6. The number of pyridine rings is 1. The molecule has 0 aliphatic heterocycles. The highest BCUT2D eigenvalue weighted by atomic mass is 79.9. The number of nitrogens with zero attached hydrogens (tertiary/aromatic N) is 4. The molecule has 0 N–H and O–H groups in total. The highest BCUT2D eigenvalue weighted by molar-refractivity contribution is 9.10. The number of hydrogen-bond acceptors (Lipinski definition) is 4. The maximum absolute atomic E-state index is 13.0. The Bertz CT molecular complexity index is 1020. The molecule has 3 rings (SSSR count). The molecule has 8 heteroatoms. The van der Waals surface area contributed by atoms with Gasteiger partial charge >= 0.3 is 5.69 Å². The van der Waals surface area contributed by atoms with Gasteiger partial charge in [0.2, 0.25) is 0 Å². The van der Waals surface area contributed by atoms with Crippen LogP contribution < -0.4 is 5.69 Å². The van der Waals surface area contributed by atoms with Gasteiger partial charge in [-0.25, -0.2) is 9.78 Å². The lowest BCUT2D eigenvalue weighted by Gasteiger charge is -2.07. The molecule has 0 saturated carbocycles. The van der Waals surface area contributed by atoms with Crippen molar-refractivity contribution in [3.8, 4) is 17.2 Å². The van der Waals surface area contributed by atoms with Crippen LogP contribution in [0, 0.1) is 5.92 Å². The lowest BCUT2D eigenvalue weighted by Crippen LogP contribution is -2.27. The first kappa shape index (κ1) is 19.5. The number of hydrogen-bond donors (Lipinski definition) is 0. The van der Waals surface area contributed by atoms with Crippen LogP contribution in [0.1, 0.15) is 20.3 Å². The Hall–Kier alpha value is -2.25. The van der Waals surface area contributed by atoms with E-state index in [-0.39, 0.29) is 18.2 Å². The average molecular weight is 450 g/mol. The van der Waals surface area contributed by atoms with Crippen LogP contribution in [0.3, 0.4) is 0 Å². The summed E-state index contributed by atoms with van der Waals surface area (Å²) in [6, 6.07) is 10.5. The smallest absolute Gasteiger partial charge is 0.298 e. The van der Waals surface area contributed by atoms with Crippen molar-refractivity contribution in [2.24, 2.45) is 5.92 Å². The van der Waals surface area contributed by atoms with E-state index in [1.807, 2.05) is 13.8 Å². The van der Waals surface area contributed by atoms with Crippen LogP contribution in [-0.4, -0.2) is 25.1 Å². The molecule has 1 aromatic carbocycles. The van der Waals surface area contributed by atoms with Crippen molar-refractivity contribution in [3.63, 3.8) is 0 Å². The van der Waals surface area contributed by atoms with Crippen molar-refractivity contribution in [2.45, 2.75) is 26.8 Å². The Labute approximate surface area is 169 Å². The normalized spacial score (nSPS) is 11.1. The molecule has 0 bridgehead atoms. The summed E-state index contributed by atoms with van der Waals surface area (Å²) < 4.78 is 3.37. The van der Waals surface area contributed by atoms with Gasteiger partial charge < -0.3 is 0 Å². The summed E-state index contributed by atoms with van der Waals surface area (Å²) in [6.45, 7) is 3.89. The molecule has 2 aromatic heterocycles. The van der Waals surface area contributed by atoms with Crippen molar-refractivity contribution < 1.29 is 4.79 Å². The van der Waals surface area contributed by atoms with Crippen LogP contribution in [0.4, 0.5) is 0 Å². The van der Waals surface area contributed by atoms with Crippen LogP contribution in [0.5, 0.6) is 0 Å². The monoisotopic (exact) mass is 448 g/mol. The van der Waals surface area contributed by atoms with E-state index in [9.17, 15) is 9.59 Å². The van der Waals surface area contributed by atoms with Gasteiger partial charge in [-0.3, -0.25) is 9.36 Å². The molecular weight excluding hydrogens is 432 g/mol. The number of benzene rings is 1. The minimum absolute atomic E-state index is 0.0290. The summed E-state index contributed by atoms with van der Waals surface area (Å²) in [5, 5.41) is 4.96. The zero-order valence-electron chi connectivity index (χ0n) is 14.9. The highest BCUT2D eigenvalue weighted by Gasteiger charge is 2.19. The lowest BCUT2D eigenvalue weighted by atomic mass is 10.1. The van der Waals surface area contributed by atoms with Crippen molar-refractivity contribution in [3.05, 3.63) is 62.6 Å². The summed E-state index contributed by atoms with van der Waals surface area (Å²) in [6.07, 6.45) is 1.98. The molecule has 27 heavy (non-hydrogen) atoms. The van der Waals surface area contributed by atoms with Crippen molar-refractivity contribution in [1.29, 1.82) is 0 Å². The standard InChI is InChI=1S/C19H18BrClN4O2/c1-12(2)8-16(26)11-24-18(13-4-3-5-15(21)9-13)23-25(19(24)27)17-7-6-14(20)10-22-17/h3-7,9-10,12H,8,11H2,1-2H3. The predicted molar refractivity (Wildman–Crippen MR) is 108 cm³/mol. The van der Waals surface area contributed by atoms with E-state index in [4.69, 9.17) is 11.6 Å². The Kier molecular flexibility index (Phi) is 5.92. The van der Waals surface area contributed by atoms with Gasteiger partial charge in [0.25, 0.3) is 0 Å². The molecule has 0 spiro atoms. The largest absolute Gasteiger partial charge is 0.352 e. The first-order valence-corrected chi connectivity index (χ1v) is 9.61. The van der Waals surface area contributed by atoms with E-state index in [1.54, 1.807) is 42.6 Å². The van der Waals surface area contributed by atoms with Crippen LogP contribution in [0.25, 0.3) is 17.2 Å². The van der Waals surface area contributed by atoms with Crippen molar-refractivity contribution in [2.75, 3.05) is 0 Å². The molecule has 0 amide bonds. The van der Waals surface area contributed by atoms with E-state index in [2.05, 4.69) is 26.0 Å². The van der Waals surface area contributed by atoms with Gasteiger partial charge in [0, 0.05) is 27.7 Å². The molecule has 3 aromatic rings. The number of carbonyl (C=O) groups is 1. The molecule has 140 valence electrons. The fraction of sp³-hybridized carbons (Fsp3) is 0.263. The molecule has 0 atom stereocenters. The molecular formula is C19H18BrClN4O2. The van der Waals surface area contributed by atoms with Gasteiger partial charge in [0.05, 0.1) is 6.54 Å². The van der Waals surface area contributed by atoms with Gasteiger partial charge in [-0.05, 0) is 46.1 Å². The second kappa shape index (κ2) is 8.19. The number of halogens is 2. The third kappa shape index (κ3) is 4.54. The average Bonchev–Trinajstić information content (AvgIpc) is 2.92. The molecule has 0 fully saturated rings. The maximum Gasteiger partial charge on any atom is 0.352 e. The van der Waals surface area contributed by atoms with Crippen molar-refractivity contribution >= 4 is 33.3 Å². The minimum Gasteiger partial charge on any atom is -0.298 e. The summed E-state index contributed by atoms with van der Waals surface area (Å²) in [7, 11) is 0. The number of carbonyl (C=O) groups excluding carboxylic acids is 1. The van der Waals surface area contributed by atoms with Gasteiger partial charge in [-0.1, -0.05) is 37.6 Å². The van der Waals surface area contributed by atoms with E-state index < -0.39 is 5.69 Å². The first-order chi connectivity index (χ1) is 12.8. The Balaban J connectivity index is 2.12. The van der Waals surface area contributed by atoms with Crippen LogP contribution >= 0.6 is 27.5 Å². The third-order valence-corrected chi connectivity index (χ3v) is 4.55. The first-order valence-electron chi connectivity index (χ1n) is 8.44. The number of rotatable bonds is 6. The number of ketones is 1. The zero-order valence-corrected chi connectivity index (χ0v) is 17.2. The van der Waals surface area contributed by atoms with E-state index in [1.165, 1.54) is 9.25 Å². The number of aromatic nitrogens is 4. The molecule has 0 saturated heterocycles. The maximum atomic E-state index is 13.0. The van der Waals surface area contributed by atoms with Crippen LogP contribution in [0.15, 0.2) is 51.9 Å². The molecule has 0 aliphatic carbocycles. The van der Waals surface area contributed by atoms with Crippen LogP contribution in [-0.2, 0) is 11.3 Å². The molecule has 0 unspecified atom stereocenters. The van der Waals surface area contributed by atoms with Crippen LogP contribution in [0.2, 0.25) is 5.02 Å². The second-order valence-electron chi connectivity index (χ2n) is 6.59. The van der Waals surface area contributed by atoms with Gasteiger partial charge in [0.15, 0.2) is 17.4 Å². The Morgan fingerprint density at radius 1 is 1.26 bits per heavy atom. The molecule has 6 nitrogen and oxygen atoms in total. The van der Waals surface area contributed by atoms with Gasteiger partial charge in [-0.2, -0.15) is 4.68 Å². The molecule has 0 aliphatic rings. The zero-order chi connectivity index (χ0) is 19.6. The summed E-state index contributed by atoms with van der Waals surface area (Å²) >= 11 is 9.42. The topological polar surface area (TPSA) is 69.8 Å². The fourth-order valence-electron chi connectivity index (χ4n) is 2.72. The van der Waals surface area contributed by atoms with Gasteiger partial charge in [0.1, 0.15) is 0 Å². The van der Waals surface area contributed by atoms with E-state index >= 15 is 0 Å². The predicted octanol–water partition coefficient (Wildman–Crippen LogP) is 4.13. The second-order valence-corrected chi connectivity index (χ2v) is 7.94. The Morgan fingerprint density at radius 2 is 2.04 bits per heavy atom. The minimum atomic E-state index is -0.420. The number of Topliss-reactive ketones (excluding diaryl/α,β-unsaturated/α-hetero) is 1. The SMILES string of the molecule is CC(C)CC(=O)Cn1c(-c2cccc(Cl)c2)nn(-c2ccc(Br)cn2)c1=O. The van der Waals surface area contributed by atoms with Crippen molar-refractivity contribution in [1.82, 2.24) is 19.3 Å². The van der Waals surface area contributed by atoms with E-state index in [0.717, 1.165) is 4.47 Å². The third-order valence-electron chi connectivity index (χ3n) is 3.84. The van der Waals surface area contributed by atoms with Gasteiger partial charge in [-0.15, -0.1) is 5.10 Å². The fourth-order valence-corrected chi connectivity index (χ4v) is 3.14. The summed E-state index contributed by atoms with van der Waals surface area (Å²) in [5.41, 5.74) is 0.240. The summed E-state index contributed by atoms with van der Waals surface area (Å²) in [5.74, 6) is 0.940. The Morgan fingerprint density at radius 3 is 2.67 bits per heavy atom. The molecule has 0 radical (unpaired) electrons.